The van der Waals surface area contributed by atoms with Crippen molar-refractivity contribution in [1.82, 2.24) is 0 Å². The molecule has 0 N–H and O–H groups in total. The Morgan fingerprint density at radius 1 is 1.00 bits per heavy atom. The summed E-state index contributed by atoms with van der Waals surface area (Å²) in [6.07, 6.45) is 2.96. The predicted octanol–water partition coefficient (Wildman–Crippen LogP) is 5.71. The molecule has 1 saturated heterocycles. The summed E-state index contributed by atoms with van der Waals surface area (Å²) in [5.74, 6) is 1.74. The van der Waals surface area contributed by atoms with Gasteiger partial charge in [-0.2, -0.15) is 0 Å². The number of nitrogens with zero attached hydrogens (tertiary/aromatic N) is 1. The third-order valence-electron chi connectivity index (χ3n) is 8.25. The smallest absolute Gasteiger partial charge is 0.245 e. The highest BCUT2D eigenvalue weighted by molar-refractivity contribution is 7.17. The van der Waals surface area contributed by atoms with Crippen molar-refractivity contribution in [3.05, 3.63) is 76.7 Å². The second-order valence-electron chi connectivity index (χ2n) is 10.1. The molecule has 5 heterocycles. The highest BCUT2D eigenvalue weighted by atomic mass is 32.1. The van der Waals surface area contributed by atoms with Crippen LogP contribution in [0, 0.1) is 0 Å². The monoisotopic (exact) mass is 495 g/mol. The van der Waals surface area contributed by atoms with Crippen molar-refractivity contribution < 1.29 is 19.0 Å². The van der Waals surface area contributed by atoms with Crippen molar-refractivity contribution in [2.24, 2.45) is 0 Å². The Kier molecular flexibility index (Phi) is 4.38. The lowest BCUT2D eigenvalue weighted by molar-refractivity contribution is -0.122. The fraction of sp³-hybridized carbons (Fsp3) is 0.300. The third kappa shape index (κ3) is 2.71. The molecule has 1 amide bonds. The summed E-state index contributed by atoms with van der Waals surface area (Å²) in [6, 6.07) is 19.0. The number of thiophene rings is 1. The van der Waals surface area contributed by atoms with Crippen LogP contribution in [0.1, 0.15) is 29.5 Å². The first-order valence-electron chi connectivity index (χ1n) is 12.7. The molecule has 0 bridgehead atoms. The molecule has 0 aliphatic carbocycles. The molecule has 2 atom stereocenters. The summed E-state index contributed by atoms with van der Waals surface area (Å²) in [4.78, 5) is 16.6. The molecule has 8 rings (SSSR count). The van der Waals surface area contributed by atoms with Crippen LogP contribution in [0.5, 0.6) is 11.5 Å². The molecule has 4 aliphatic heterocycles. The number of amides is 1. The molecule has 4 aliphatic rings. The largest absolute Gasteiger partial charge is 0.493 e. The third-order valence-corrected chi connectivity index (χ3v) is 9.21. The summed E-state index contributed by atoms with van der Waals surface area (Å²) >= 11 is 1.75. The SMILES string of the molecule is O=C1N(CC2CCCO2)c2cccc(-c3csc4ccccc34)c2C12COc1cc3c(cc12)CCO3. The summed E-state index contributed by atoms with van der Waals surface area (Å²) < 4.78 is 19.4. The second-order valence-corrected chi connectivity index (χ2v) is 11.1. The lowest BCUT2D eigenvalue weighted by Crippen LogP contribution is -2.45. The van der Waals surface area contributed by atoms with Crippen molar-refractivity contribution in [1.29, 1.82) is 0 Å². The quantitative estimate of drug-likeness (QED) is 0.365. The van der Waals surface area contributed by atoms with E-state index in [2.05, 4.69) is 53.9 Å². The van der Waals surface area contributed by atoms with Gasteiger partial charge in [0.15, 0.2) is 0 Å². The van der Waals surface area contributed by atoms with E-state index in [9.17, 15) is 4.79 Å². The van der Waals surface area contributed by atoms with Crippen molar-refractivity contribution >= 4 is 33.0 Å². The van der Waals surface area contributed by atoms with Crippen LogP contribution in [0.25, 0.3) is 21.2 Å². The summed E-state index contributed by atoms with van der Waals surface area (Å²) in [6.45, 7) is 2.32. The van der Waals surface area contributed by atoms with Gasteiger partial charge in [-0.1, -0.05) is 30.3 Å². The molecule has 5 nitrogen and oxygen atoms in total. The fourth-order valence-corrected chi connectivity index (χ4v) is 7.51. The Hall–Kier alpha value is -3.35. The summed E-state index contributed by atoms with van der Waals surface area (Å²) in [5, 5.41) is 3.45. The van der Waals surface area contributed by atoms with Crippen molar-refractivity contribution in [3.63, 3.8) is 0 Å². The zero-order valence-corrected chi connectivity index (χ0v) is 20.6. The van der Waals surface area contributed by atoms with Gasteiger partial charge in [0.05, 0.1) is 19.3 Å². The summed E-state index contributed by atoms with van der Waals surface area (Å²) in [5.41, 5.74) is 5.59. The van der Waals surface area contributed by atoms with Gasteiger partial charge < -0.3 is 19.1 Å². The van der Waals surface area contributed by atoms with Crippen LogP contribution in [0.3, 0.4) is 0 Å². The van der Waals surface area contributed by atoms with Crippen LogP contribution >= 0.6 is 11.3 Å². The Morgan fingerprint density at radius 3 is 2.86 bits per heavy atom. The van der Waals surface area contributed by atoms with Gasteiger partial charge in [0.25, 0.3) is 0 Å². The minimum Gasteiger partial charge on any atom is -0.493 e. The number of fused-ring (bicyclic) bond motifs is 6. The van der Waals surface area contributed by atoms with Crippen LogP contribution in [-0.2, 0) is 21.4 Å². The molecule has 2 unspecified atom stereocenters. The van der Waals surface area contributed by atoms with Gasteiger partial charge >= 0.3 is 0 Å². The predicted molar refractivity (Wildman–Crippen MR) is 141 cm³/mol. The maximum absolute atomic E-state index is 14.6. The van der Waals surface area contributed by atoms with Gasteiger partial charge in [0.1, 0.15) is 23.5 Å². The molecular formula is C30H25NO4S. The highest BCUT2D eigenvalue weighted by Crippen LogP contribution is 2.57. The topological polar surface area (TPSA) is 48.0 Å². The Labute approximate surface area is 213 Å². The van der Waals surface area contributed by atoms with Crippen molar-refractivity contribution in [3.8, 4) is 22.6 Å². The maximum Gasteiger partial charge on any atom is 0.245 e. The van der Waals surface area contributed by atoms with Gasteiger partial charge in [-0.3, -0.25) is 4.79 Å². The van der Waals surface area contributed by atoms with E-state index in [-0.39, 0.29) is 12.0 Å². The van der Waals surface area contributed by atoms with Gasteiger partial charge in [-0.25, -0.2) is 0 Å². The second kappa shape index (κ2) is 7.58. The van der Waals surface area contributed by atoms with Gasteiger partial charge in [-0.15, -0.1) is 11.3 Å². The minimum absolute atomic E-state index is 0.0674. The van der Waals surface area contributed by atoms with E-state index in [1.54, 1.807) is 11.3 Å². The number of carbonyl (C=O) groups excluding carboxylic acids is 1. The van der Waals surface area contributed by atoms with E-state index in [1.807, 2.05) is 11.0 Å². The average molecular weight is 496 g/mol. The van der Waals surface area contributed by atoms with Crippen LogP contribution in [0.2, 0.25) is 0 Å². The zero-order valence-electron chi connectivity index (χ0n) is 19.8. The lowest BCUT2D eigenvalue weighted by atomic mass is 9.73. The average Bonchev–Trinajstić information content (AvgIpc) is 3.72. The Morgan fingerprint density at radius 2 is 1.94 bits per heavy atom. The first-order chi connectivity index (χ1) is 17.7. The van der Waals surface area contributed by atoms with Crippen LogP contribution < -0.4 is 14.4 Å². The summed E-state index contributed by atoms with van der Waals surface area (Å²) in [7, 11) is 0. The molecule has 36 heavy (non-hydrogen) atoms. The zero-order chi connectivity index (χ0) is 23.9. The van der Waals surface area contributed by atoms with E-state index >= 15 is 0 Å². The molecule has 3 aromatic carbocycles. The first-order valence-corrected chi connectivity index (χ1v) is 13.6. The van der Waals surface area contributed by atoms with E-state index in [1.165, 1.54) is 15.6 Å². The lowest BCUT2D eigenvalue weighted by Gasteiger charge is -2.25. The standard InChI is InChI=1S/C30H25NO4S/c32-29-30(17-35-26-14-25-18(10-12-34-25)13-23(26)30)28-21(22-16-36-27-9-2-1-6-20(22)27)7-3-8-24(28)31(29)15-19-5-4-11-33-19/h1-3,6-9,13-14,16,19H,4-5,10-12,15,17H2. The van der Waals surface area contributed by atoms with Crippen LogP contribution in [0.15, 0.2) is 60.0 Å². The molecule has 1 aromatic heterocycles. The van der Waals surface area contributed by atoms with Gasteiger partial charge in [-0.05, 0) is 47.5 Å². The van der Waals surface area contributed by atoms with Crippen LogP contribution in [0.4, 0.5) is 5.69 Å². The minimum atomic E-state index is -0.874. The normalized spacial score (nSPS) is 23.7. The molecular weight excluding hydrogens is 470 g/mol. The van der Waals surface area contributed by atoms with Gasteiger partial charge in [0.2, 0.25) is 5.91 Å². The first kappa shape index (κ1) is 20.8. The van der Waals surface area contributed by atoms with E-state index < -0.39 is 5.41 Å². The Balaban J connectivity index is 1.39. The molecule has 6 heteroatoms. The number of ether oxygens (including phenoxy) is 3. The van der Waals surface area contributed by atoms with E-state index in [0.717, 1.165) is 65.3 Å². The van der Waals surface area contributed by atoms with Crippen LogP contribution in [-0.4, -0.2) is 38.4 Å². The van der Waals surface area contributed by atoms with E-state index in [0.29, 0.717) is 19.8 Å². The number of hydrogen-bond acceptors (Lipinski definition) is 5. The van der Waals surface area contributed by atoms with Gasteiger partial charge in [0, 0.05) is 51.6 Å². The van der Waals surface area contributed by atoms with Crippen molar-refractivity contribution in [2.75, 3.05) is 31.3 Å². The number of rotatable bonds is 3. The fourth-order valence-electron chi connectivity index (χ4n) is 6.55. The number of carbonyl (C=O) groups is 1. The molecule has 4 aromatic rings. The number of benzene rings is 3. The van der Waals surface area contributed by atoms with Crippen molar-refractivity contribution in [2.45, 2.75) is 30.8 Å². The maximum atomic E-state index is 14.6. The Bertz CT molecular complexity index is 1550. The molecule has 180 valence electrons. The number of anilines is 1. The number of hydrogen-bond donors (Lipinski definition) is 0. The molecule has 1 spiro atoms. The molecule has 1 fully saturated rings. The molecule has 0 radical (unpaired) electrons. The molecule has 0 saturated carbocycles. The highest BCUT2D eigenvalue weighted by Gasteiger charge is 2.58. The van der Waals surface area contributed by atoms with E-state index in [4.69, 9.17) is 14.2 Å².